The summed E-state index contributed by atoms with van der Waals surface area (Å²) in [4.78, 5) is 33.3. The van der Waals surface area contributed by atoms with Crippen LogP contribution in [0.25, 0.3) is 0 Å². The van der Waals surface area contributed by atoms with Crippen LogP contribution < -0.4 is 10.6 Å². The van der Waals surface area contributed by atoms with Crippen molar-refractivity contribution < 1.29 is 14.5 Å². The van der Waals surface area contributed by atoms with Gasteiger partial charge in [-0.3, -0.25) is 19.7 Å². The van der Waals surface area contributed by atoms with Crippen LogP contribution in [0.2, 0.25) is 0 Å². The van der Waals surface area contributed by atoms with E-state index in [1.165, 1.54) is 31.2 Å². The predicted molar refractivity (Wildman–Crippen MR) is 86.5 cm³/mol. The standard InChI is InChI=1S/C16H15N3O4/c1-10-9-13(5-8-15(10)17-11(2)20)18-16(21)12-3-6-14(7-4-12)19(22)23/h3-9H,1-2H3,(H,17,20)(H,18,21). The van der Waals surface area contributed by atoms with Crippen LogP contribution in [0.15, 0.2) is 42.5 Å². The third-order valence-electron chi connectivity index (χ3n) is 3.14. The molecule has 0 saturated heterocycles. The zero-order valence-electron chi connectivity index (χ0n) is 12.6. The minimum atomic E-state index is -0.522. The van der Waals surface area contributed by atoms with Crippen LogP contribution in [0, 0.1) is 17.0 Å². The van der Waals surface area contributed by atoms with E-state index < -0.39 is 4.92 Å². The molecule has 0 bridgehead atoms. The molecule has 0 radical (unpaired) electrons. The number of benzene rings is 2. The van der Waals surface area contributed by atoms with Gasteiger partial charge in [-0.05, 0) is 42.8 Å². The Morgan fingerprint density at radius 3 is 2.22 bits per heavy atom. The van der Waals surface area contributed by atoms with Crippen LogP contribution in [-0.2, 0) is 4.79 Å². The first-order valence-corrected chi connectivity index (χ1v) is 6.81. The number of nitrogens with zero attached hydrogens (tertiary/aromatic N) is 1. The summed E-state index contributed by atoms with van der Waals surface area (Å²) in [6.45, 7) is 3.23. The van der Waals surface area contributed by atoms with E-state index in [0.717, 1.165) is 5.56 Å². The molecule has 0 fully saturated rings. The van der Waals surface area contributed by atoms with Crippen LogP contribution in [0.3, 0.4) is 0 Å². The van der Waals surface area contributed by atoms with Gasteiger partial charge >= 0.3 is 0 Å². The molecular weight excluding hydrogens is 298 g/mol. The van der Waals surface area contributed by atoms with Crippen molar-refractivity contribution in [2.45, 2.75) is 13.8 Å². The minimum absolute atomic E-state index is 0.0722. The number of nitro groups is 1. The van der Waals surface area contributed by atoms with Gasteiger partial charge in [0.25, 0.3) is 11.6 Å². The van der Waals surface area contributed by atoms with Gasteiger partial charge < -0.3 is 10.6 Å². The molecule has 7 heteroatoms. The van der Waals surface area contributed by atoms with Gasteiger partial charge in [0.2, 0.25) is 5.91 Å². The van der Waals surface area contributed by atoms with Crippen molar-refractivity contribution in [3.63, 3.8) is 0 Å². The van der Waals surface area contributed by atoms with E-state index in [0.29, 0.717) is 16.9 Å². The van der Waals surface area contributed by atoms with E-state index in [1.807, 2.05) is 6.92 Å². The zero-order valence-corrected chi connectivity index (χ0v) is 12.6. The highest BCUT2D eigenvalue weighted by molar-refractivity contribution is 6.04. The van der Waals surface area contributed by atoms with Crippen molar-refractivity contribution in [1.29, 1.82) is 0 Å². The number of carbonyl (C=O) groups excluding carboxylic acids is 2. The zero-order chi connectivity index (χ0) is 17.0. The first-order chi connectivity index (χ1) is 10.9. The fraction of sp³-hybridized carbons (Fsp3) is 0.125. The van der Waals surface area contributed by atoms with Gasteiger partial charge in [0.1, 0.15) is 0 Å². The first-order valence-electron chi connectivity index (χ1n) is 6.81. The molecule has 0 spiro atoms. The summed E-state index contributed by atoms with van der Waals surface area (Å²) >= 11 is 0. The molecule has 0 aliphatic rings. The van der Waals surface area contributed by atoms with Gasteiger partial charge in [-0.1, -0.05) is 0 Å². The van der Waals surface area contributed by atoms with Gasteiger partial charge in [-0.15, -0.1) is 0 Å². The quantitative estimate of drug-likeness (QED) is 0.668. The molecule has 0 saturated carbocycles. The fourth-order valence-electron chi connectivity index (χ4n) is 2.01. The Kier molecular flexibility index (Phi) is 4.70. The lowest BCUT2D eigenvalue weighted by Gasteiger charge is -2.10. The highest BCUT2D eigenvalue weighted by Crippen LogP contribution is 2.20. The third-order valence-corrected chi connectivity index (χ3v) is 3.14. The molecule has 2 rings (SSSR count). The van der Waals surface area contributed by atoms with Crippen LogP contribution in [0.5, 0.6) is 0 Å². The molecule has 0 unspecified atom stereocenters. The average Bonchev–Trinajstić information content (AvgIpc) is 2.49. The topological polar surface area (TPSA) is 101 Å². The van der Waals surface area contributed by atoms with Crippen molar-refractivity contribution in [3.05, 3.63) is 63.7 Å². The highest BCUT2D eigenvalue weighted by Gasteiger charge is 2.10. The third kappa shape index (κ3) is 4.13. The summed E-state index contributed by atoms with van der Waals surface area (Å²) in [6, 6.07) is 10.4. The molecule has 7 nitrogen and oxygen atoms in total. The van der Waals surface area contributed by atoms with Crippen LogP contribution in [0.4, 0.5) is 17.1 Å². The molecular formula is C16H15N3O4. The Hall–Kier alpha value is -3.22. The summed E-state index contributed by atoms with van der Waals surface area (Å²) < 4.78 is 0. The van der Waals surface area contributed by atoms with Gasteiger partial charge in [0, 0.05) is 36.0 Å². The van der Waals surface area contributed by atoms with Gasteiger partial charge in [-0.2, -0.15) is 0 Å². The lowest BCUT2D eigenvalue weighted by Crippen LogP contribution is -2.12. The number of carbonyl (C=O) groups is 2. The molecule has 0 aliphatic carbocycles. The molecule has 23 heavy (non-hydrogen) atoms. The molecule has 2 aromatic rings. The van der Waals surface area contributed by atoms with Gasteiger partial charge in [0.15, 0.2) is 0 Å². The van der Waals surface area contributed by atoms with E-state index in [-0.39, 0.29) is 17.5 Å². The SMILES string of the molecule is CC(=O)Nc1ccc(NC(=O)c2ccc([N+](=O)[O-])cc2)cc1C. The van der Waals surface area contributed by atoms with Gasteiger partial charge in [-0.25, -0.2) is 0 Å². The first kappa shape index (κ1) is 16.2. The average molecular weight is 313 g/mol. The van der Waals surface area contributed by atoms with Crippen LogP contribution >= 0.6 is 0 Å². The van der Waals surface area contributed by atoms with Gasteiger partial charge in [0.05, 0.1) is 4.92 Å². The predicted octanol–water partition coefficient (Wildman–Crippen LogP) is 3.11. The van der Waals surface area contributed by atoms with E-state index >= 15 is 0 Å². The number of nitro benzene ring substituents is 1. The molecule has 2 aromatic carbocycles. The largest absolute Gasteiger partial charge is 0.326 e. The number of nitrogens with one attached hydrogen (secondary N) is 2. The van der Waals surface area contributed by atoms with Crippen molar-refractivity contribution in [2.75, 3.05) is 10.6 Å². The van der Waals surface area contributed by atoms with Crippen LogP contribution in [-0.4, -0.2) is 16.7 Å². The molecule has 0 aromatic heterocycles. The van der Waals surface area contributed by atoms with E-state index in [4.69, 9.17) is 0 Å². The molecule has 2 amide bonds. The van der Waals surface area contributed by atoms with Crippen LogP contribution in [0.1, 0.15) is 22.8 Å². The summed E-state index contributed by atoms with van der Waals surface area (Å²) in [5, 5.41) is 16.0. The molecule has 0 atom stereocenters. The second-order valence-corrected chi connectivity index (χ2v) is 4.97. The fourth-order valence-corrected chi connectivity index (χ4v) is 2.01. The second kappa shape index (κ2) is 6.69. The minimum Gasteiger partial charge on any atom is -0.326 e. The number of hydrogen-bond acceptors (Lipinski definition) is 4. The normalized spacial score (nSPS) is 10.0. The maximum atomic E-state index is 12.1. The molecule has 0 aliphatic heterocycles. The lowest BCUT2D eigenvalue weighted by molar-refractivity contribution is -0.384. The summed E-state index contributed by atoms with van der Waals surface area (Å²) in [5.74, 6) is -0.539. The Morgan fingerprint density at radius 2 is 1.70 bits per heavy atom. The van der Waals surface area contributed by atoms with Crippen molar-refractivity contribution in [1.82, 2.24) is 0 Å². The number of aryl methyl sites for hydroxylation is 1. The monoisotopic (exact) mass is 313 g/mol. The summed E-state index contributed by atoms with van der Waals surface area (Å²) in [6.07, 6.45) is 0. The van der Waals surface area contributed by atoms with Crippen molar-refractivity contribution in [2.24, 2.45) is 0 Å². The molecule has 118 valence electrons. The number of hydrogen-bond donors (Lipinski definition) is 2. The lowest BCUT2D eigenvalue weighted by atomic mass is 10.1. The Morgan fingerprint density at radius 1 is 1.04 bits per heavy atom. The van der Waals surface area contributed by atoms with E-state index in [1.54, 1.807) is 18.2 Å². The smallest absolute Gasteiger partial charge is 0.269 e. The molecule has 0 heterocycles. The number of rotatable bonds is 4. The molecule has 2 N–H and O–H groups in total. The maximum Gasteiger partial charge on any atom is 0.269 e. The van der Waals surface area contributed by atoms with Crippen molar-refractivity contribution >= 4 is 28.9 Å². The summed E-state index contributed by atoms with van der Waals surface area (Å²) in [5.41, 5.74) is 2.30. The van der Waals surface area contributed by atoms with E-state index in [2.05, 4.69) is 10.6 Å². The summed E-state index contributed by atoms with van der Waals surface area (Å²) in [7, 11) is 0. The van der Waals surface area contributed by atoms with E-state index in [9.17, 15) is 19.7 Å². The Labute approximate surface area is 132 Å². The number of non-ortho nitro benzene ring substituents is 1. The Balaban J connectivity index is 2.12. The number of anilines is 2. The maximum absolute atomic E-state index is 12.1. The Bertz CT molecular complexity index is 769. The second-order valence-electron chi connectivity index (χ2n) is 4.97. The number of amides is 2. The highest BCUT2D eigenvalue weighted by atomic mass is 16.6. The van der Waals surface area contributed by atoms with Crippen molar-refractivity contribution in [3.8, 4) is 0 Å².